The van der Waals surface area contributed by atoms with Gasteiger partial charge in [-0.25, -0.2) is 13.8 Å². The highest BCUT2D eigenvalue weighted by atomic mass is 19.1. The van der Waals surface area contributed by atoms with Crippen LogP contribution in [-0.4, -0.2) is 5.84 Å². The Kier molecular flexibility index (Phi) is 6.57. The lowest BCUT2D eigenvalue weighted by Crippen LogP contribution is -2.20. The van der Waals surface area contributed by atoms with Crippen LogP contribution in [0.4, 0.5) is 8.78 Å². The third-order valence-corrected chi connectivity index (χ3v) is 2.01. The van der Waals surface area contributed by atoms with Gasteiger partial charge in [-0.15, -0.1) is 0 Å². The van der Waals surface area contributed by atoms with Gasteiger partial charge in [0.25, 0.3) is 0 Å². The maximum absolute atomic E-state index is 13.3. The summed E-state index contributed by atoms with van der Waals surface area (Å²) in [5.74, 6) is -1.48. The first-order valence-corrected chi connectivity index (χ1v) is 5.35. The summed E-state index contributed by atoms with van der Waals surface area (Å²) >= 11 is 0. The second kappa shape index (κ2) is 7.37. The minimum Gasteiger partial charge on any atom is -0.344 e. The largest absolute Gasteiger partial charge is 0.344 e. The average molecular weight is 252 g/mol. The van der Waals surface area contributed by atoms with Crippen LogP contribution in [0.25, 0.3) is 0 Å². The van der Waals surface area contributed by atoms with Crippen LogP contribution in [0.3, 0.4) is 0 Å². The fourth-order valence-corrected chi connectivity index (χ4v) is 1.16. The Morgan fingerprint density at radius 3 is 2.11 bits per heavy atom. The van der Waals surface area contributed by atoms with Crippen molar-refractivity contribution in [2.45, 2.75) is 20.8 Å². The Hall–Kier alpha value is -1.97. The zero-order valence-corrected chi connectivity index (χ0v) is 11.0. The summed E-state index contributed by atoms with van der Waals surface area (Å²) in [4.78, 5) is 3.80. The molecular weight excluding hydrogens is 234 g/mol. The molecular formula is C14H18F2N2. The zero-order valence-electron chi connectivity index (χ0n) is 11.0. The Morgan fingerprint density at radius 2 is 1.78 bits per heavy atom. The van der Waals surface area contributed by atoms with Gasteiger partial charge in [0.1, 0.15) is 17.4 Å². The Balaban J connectivity index is 5.25. The lowest BCUT2D eigenvalue weighted by molar-refractivity contribution is 0.609. The van der Waals surface area contributed by atoms with E-state index in [1.54, 1.807) is 13.0 Å². The third kappa shape index (κ3) is 4.91. The standard InChI is InChI=1S/C14H18F2N2/c1-7-12(16)14(10(5)15)18-11(6)17-13(8-2)9(3)4/h7-8H,1,3,5H2,2,4,6H3,(H,17,18)/b13-8+,14-12-. The number of nitrogens with zero attached hydrogens (tertiary/aromatic N) is 1. The molecule has 0 bridgehead atoms. The van der Waals surface area contributed by atoms with Crippen LogP contribution in [-0.2, 0) is 0 Å². The summed E-state index contributed by atoms with van der Waals surface area (Å²) in [5.41, 5.74) is 1.06. The summed E-state index contributed by atoms with van der Waals surface area (Å²) in [5, 5.41) is 2.90. The highest BCUT2D eigenvalue weighted by Gasteiger charge is 2.08. The first-order chi connectivity index (χ1) is 8.33. The van der Waals surface area contributed by atoms with E-state index in [-0.39, 0.29) is 0 Å². The molecule has 0 saturated heterocycles. The Labute approximate surface area is 107 Å². The van der Waals surface area contributed by atoms with Crippen LogP contribution in [0.2, 0.25) is 0 Å². The van der Waals surface area contributed by atoms with Crippen molar-refractivity contribution in [3.63, 3.8) is 0 Å². The fourth-order valence-electron chi connectivity index (χ4n) is 1.16. The molecule has 0 aromatic carbocycles. The predicted molar refractivity (Wildman–Crippen MR) is 73.4 cm³/mol. The number of amidine groups is 1. The lowest BCUT2D eigenvalue weighted by atomic mass is 10.2. The van der Waals surface area contributed by atoms with Crippen molar-refractivity contribution >= 4 is 5.84 Å². The Bertz CT molecular complexity index is 454. The molecule has 0 aromatic rings. The number of halogens is 2. The molecule has 0 spiro atoms. The van der Waals surface area contributed by atoms with Gasteiger partial charge in [-0.2, -0.15) is 0 Å². The molecule has 4 heteroatoms. The van der Waals surface area contributed by atoms with Gasteiger partial charge in [0.15, 0.2) is 5.83 Å². The van der Waals surface area contributed by atoms with E-state index in [0.717, 1.165) is 17.3 Å². The van der Waals surface area contributed by atoms with E-state index in [4.69, 9.17) is 0 Å². The monoisotopic (exact) mass is 252 g/mol. The van der Waals surface area contributed by atoms with Gasteiger partial charge in [0.2, 0.25) is 0 Å². The molecule has 0 heterocycles. The molecule has 0 unspecified atom stereocenters. The summed E-state index contributed by atoms with van der Waals surface area (Å²) in [6.45, 7) is 15.2. The van der Waals surface area contributed by atoms with Crippen molar-refractivity contribution in [1.82, 2.24) is 5.32 Å². The van der Waals surface area contributed by atoms with Crippen molar-refractivity contribution in [3.05, 3.63) is 60.5 Å². The van der Waals surface area contributed by atoms with Crippen LogP contribution in [0.5, 0.6) is 0 Å². The zero-order chi connectivity index (χ0) is 14.3. The van der Waals surface area contributed by atoms with Crippen molar-refractivity contribution in [3.8, 4) is 0 Å². The SMILES string of the molecule is C=C/C(F)=C(/N=C(C)N/C(=C/C)C(=C)C)C(=C)F. The van der Waals surface area contributed by atoms with Gasteiger partial charge in [0, 0.05) is 5.70 Å². The van der Waals surface area contributed by atoms with Crippen LogP contribution < -0.4 is 5.32 Å². The minimum atomic E-state index is -0.953. The molecule has 1 N–H and O–H groups in total. The molecule has 0 aliphatic rings. The smallest absolute Gasteiger partial charge is 0.151 e. The van der Waals surface area contributed by atoms with E-state index in [1.165, 1.54) is 0 Å². The van der Waals surface area contributed by atoms with Crippen LogP contribution in [0, 0.1) is 0 Å². The molecule has 0 aliphatic heterocycles. The molecule has 0 aromatic heterocycles. The topological polar surface area (TPSA) is 24.4 Å². The van der Waals surface area contributed by atoms with Gasteiger partial charge in [0.05, 0.1) is 0 Å². The highest BCUT2D eigenvalue weighted by molar-refractivity contribution is 5.83. The average Bonchev–Trinajstić information content (AvgIpc) is 2.31. The van der Waals surface area contributed by atoms with E-state index in [1.807, 2.05) is 13.8 Å². The van der Waals surface area contributed by atoms with Gasteiger partial charge >= 0.3 is 0 Å². The first-order valence-electron chi connectivity index (χ1n) is 5.35. The fraction of sp³-hybridized carbons (Fsp3) is 0.214. The summed E-state index contributed by atoms with van der Waals surface area (Å²) in [6.07, 6.45) is 2.67. The maximum Gasteiger partial charge on any atom is 0.151 e. The molecule has 2 nitrogen and oxygen atoms in total. The van der Waals surface area contributed by atoms with Gasteiger partial charge in [-0.05, 0) is 32.4 Å². The van der Waals surface area contributed by atoms with E-state index >= 15 is 0 Å². The minimum absolute atomic E-state index is 0.330. The molecule has 0 aliphatic carbocycles. The summed E-state index contributed by atoms with van der Waals surface area (Å²) in [7, 11) is 0. The number of allylic oxidation sites excluding steroid dienone is 5. The number of rotatable bonds is 5. The van der Waals surface area contributed by atoms with E-state index in [2.05, 4.69) is 30.0 Å². The maximum atomic E-state index is 13.3. The molecule has 0 saturated carbocycles. The Morgan fingerprint density at radius 1 is 1.22 bits per heavy atom. The molecule has 0 rings (SSSR count). The van der Waals surface area contributed by atoms with E-state index in [9.17, 15) is 8.78 Å². The first kappa shape index (κ1) is 16.0. The highest BCUT2D eigenvalue weighted by Crippen LogP contribution is 2.18. The molecule has 0 atom stereocenters. The molecule has 98 valence electrons. The summed E-state index contributed by atoms with van der Waals surface area (Å²) < 4.78 is 26.3. The van der Waals surface area contributed by atoms with Crippen molar-refractivity contribution in [1.29, 1.82) is 0 Å². The van der Waals surface area contributed by atoms with Gasteiger partial charge in [-0.1, -0.05) is 25.8 Å². The number of nitrogens with one attached hydrogen (secondary N) is 1. The molecule has 0 radical (unpaired) electrons. The number of hydrogen-bond donors (Lipinski definition) is 1. The number of aliphatic imine (C=N–C) groups is 1. The van der Waals surface area contributed by atoms with Crippen LogP contribution in [0.15, 0.2) is 65.5 Å². The third-order valence-electron chi connectivity index (χ3n) is 2.01. The lowest BCUT2D eigenvalue weighted by Gasteiger charge is -2.10. The second-order valence-electron chi connectivity index (χ2n) is 3.61. The molecule has 0 amide bonds. The molecule has 18 heavy (non-hydrogen) atoms. The quantitative estimate of drug-likeness (QED) is 0.439. The van der Waals surface area contributed by atoms with E-state index in [0.29, 0.717) is 5.84 Å². The normalized spacial score (nSPS) is 13.8. The van der Waals surface area contributed by atoms with Crippen LogP contribution in [0.1, 0.15) is 20.8 Å². The van der Waals surface area contributed by atoms with Gasteiger partial charge in [-0.3, -0.25) is 0 Å². The predicted octanol–water partition coefficient (Wildman–Crippen LogP) is 4.32. The summed E-state index contributed by atoms with van der Waals surface area (Å²) in [6, 6.07) is 0. The number of hydrogen-bond acceptors (Lipinski definition) is 1. The molecule has 0 fully saturated rings. The second-order valence-corrected chi connectivity index (χ2v) is 3.61. The van der Waals surface area contributed by atoms with E-state index < -0.39 is 17.4 Å². The van der Waals surface area contributed by atoms with Crippen molar-refractivity contribution in [2.24, 2.45) is 4.99 Å². The van der Waals surface area contributed by atoms with Crippen molar-refractivity contribution in [2.75, 3.05) is 0 Å². The van der Waals surface area contributed by atoms with Crippen LogP contribution >= 0.6 is 0 Å². The van der Waals surface area contributed by atoms with Gasteiger partial charge < -0.3 is 5.32 Å². The van der Waals surface area contributed by atoms with Crippen molar-refractivity contribution < 1.29 is 8.78 Å².